The van der Waals surface area contributed by atoms with Gasteiger partial charge in [-0.25, -0.2) is 8.42 Å². The van der Waals surface area contributed by atoms with Gasteiger partial charge in [0, 0.05) is 38.3 Å². The molecule has 30 heavy (non-hydrogen) atoms. The molecule has 1 aromatic carbocycles. The van der Waals surface area contributed by atoms with E-state index in [0.717, 1.165) is 32.0 Å². The lowest BCUT2D eigenvalue weighted by molar-refractivity contribution is 0.0622. The van der Waals surface area contributed by atoms with Crippen LogP contribution >= 0.6 is 0 Å². The van der Waals surface area contributed by atoms with E-state index in [4.69, 9.17) is 0 Å². The standard InChI is InChI=1S/C23H37N3O3S/c1-18(2)24(4)30(28,29)22-9-7-21(8-10-22)23(27)26-13-5-6-20(17-26)16-25-14-11-19(3)12-15-25/h7-10,18-20H,5-6,11-17H2,1-4H3. The van der Waals surface area contributed by atoms with Gasteiger partial charge in [0.15, 0.2) is 0 Å². The smallest absolute Gasteiger partial charge is 0.253 e. The SMILES string of the molecule is CC1CCN(CC2CCCN(C(=O)c3ccc(S(=O)(=O)N(C)C(C)C)cc3)C2)CC1. The van der Waals surface area contributed by atoms with Crippen LogP contribution in [-0.2, 0) is 10.0 Å². The van der Waals surface area contributed by atoms with E-state index < -0.39 is 10.0 Å². The highest BCUT2D eigenvalue weighted by Gasteiger charge is 2.28. The molecule has 2 saturated heterocycles. The molecular weight excluding hydrogens is 398 g/mol. The fraction of sp³-hybridized carbons (Fsp3) is 0.696. The Morgan fingerprint density at radius 2 is 1.73 bits per heavy atom. The Morgan fingerprint density at radius 3 is 2.33 bits per heavy atom. The summed E-state index contributed by atoms with van der Waals surface area (Å²) < 4.78 is 26.6. The summed E-state index contributed by atoms with van der Waals surface area (Å²) in [6, 6.07) is 6.29. The minimum absolute atomic E-state index is 0.00753. The van der Waals surface area contributed by atoms with Crippen LogP contribution in [0, 0.1) is 11.8 Å². The minimum atomic E-state index is -3.53. The van der Waals surface area contributed by atoms with Gasteiger partial charge in [0.2, 0.25) is 10.0 Å². The maximum absolute atomic E-state index is 13.0. The fourth-order valence-electron chi connectivity index (χ4n) is 4.40. The Balaban J connectivity index is 1.62. The van der Waals surface area contributed by atoms with Gasteiger partial charge < -0.3 is 9.80 Å². The largest absolute Gasteiger partial charge is 0.338 e. The first-order valence-electron chi connectivity index (χ1n) is 11.3. The number of sulfonamides is 1. The van der Waals surface area contributed by atoms with Crippen LogP contribution in [-0.4, -0.2) is 74.2 Å². The van der Waals surface area contributed by atoms with Crippen molar-refractivity contribution >= 4 is 15.9 Å². The van der Waals surface area contributed by atoms with Gasteiger partial charge in [0.05, 0.1) is 4.90 Å². The van der Waals surface area contributed by atoms with Crippen molar-refractivity contribution in [3.63, 3.8) is 0 Å². The molecule has 168 valence electrons. The van der Waals surface area contributed by atoms with E-state index in [0.29, 0.717) is 11.5 Å². The van der Waals surface area contributed by atoms with Crippen LogP contribution in [0.3, 0.4) is 0 Å². The molecule has 0 N–H and O–H groups in total. The predicted octanol–water partition coefficient (Wildman–Crippen LogP) is 3.30. The lowest BCUT2D eigenvalue weighted by atomic mass is 9.94. The third-order valence-corrected chi connectivity index (χ3v) is 8.75. The second-order valence-electron chi connectivity index (χ2n) is 9.38. The van der Waals surface area contributed by atoms with Crippen LogP contribution in [0.15, 0.2) is 29.2 Å². The van der Waals surface area contributed by atoms with E-state index in [1.807, 2.05) is 18.7 Å². The van der Waals surface area contributed by atoms with Crippen molar-refractivity contribution < 1.29 is 13.2 Å². The molecule has 1 unspecified atom stereocenters. The Morgan fingerprint density at radius 1 is 1.10 bits per heavy atom. The average Bonchev–Trinajstić information content (AvgIpc) is 2.74. The zero-order valence-corrected chi connectivity index (χ0v) is 19.7. The highest BCUT2D eigenvalue weighted by Crippen LogP contribution is 2.24. The van der Waals surface area contributed by atoms with Crippen LogP contribution in [0.4, 0.5) is 0 Å². The molecule has 3 rings (SSSR count). The highest BCUT2D eigenvalue weighted by atomic mass is 32.2. The molecule has 0 aliphatic carbocycles. The van der Waals surface area contributed by atoms with Crippen molar-refractivity contribution in [3.05, 3.63) is 29.8 Å². The lowest BCUT2D eigenvalue weighted by Crippen LogP contribution is -2.45. The Kier molecular flexibility index (Phi) is 7.58. The van der Waals surface area contributed by atoms with Gasteiger partial charge >= 0.3 is 0 Å². The number of benzene rings is 1. The third-order valence-electron chi connectivity index (χ3n) is 6.70. The molecule has 7 heteroatoms. The molecule has 0 aromatic heterocycles. The number of carbonyl (C=O) groups is 1. The molecule has 2 aliphatic rings. The van der Waals surface area contributed by atoms with Crippen molar-refractivity contribution in [1.29, 1.82) is 0 Å². The van der Waals surface area contributed by atoms with Crippen molar-refractivity contribution in [2.45, 2.75) is 57.4 Å². The fourth-order valence-corrected chi connectivity index (χ4v) is 5.77. The first kappa shape index (κ1) is 23.2. The first-order chi connectivity index (χ1) is 14.2. The van der Waals surface area contributed by atoms with Gasteiger partial charge in [0.25, 0.3) is 5.91 Å². The number of piperidine rings is 2. The number of hydrogen-bond donors (Lipinski definition) is 0. The van der Waals surface area contributed by atoms with Crippen molar-refractivity contribution in [2.24, 2.45) is 11.8 Å². The monoisotopic (exact) mass is 435 g/mol. The first-order valence-corrected chi connectivity index (χ1v) is 12.7. The summed E-state index contributed by atoms with van der Waals surface area (Å²) in [6.45, 7) is 11.0. The predicted molar refractivity (Wildman–Crippen MR) is 120 cm³/mol. The number of likely N-dealkylation sites (tertiary alicyclic amines) is 2. The lowest BCUT2D eigenvalue weighted by Gasteiger charge is -2.38. The van der Waals surface area contributed by atoms with E-state index >= 15 is 0 Å². The second kappa shape index (κ2) is 9.79. The molecule has 0 spiro atoms. The number of carbonyl (C=O) groups excluding carboxylic acids is 1. The van der Waals surface area contributed by atoms with Crippen LogP contribution < -0.4 is 0 Å². The Labute approximate surface area is 182 Å². The summed E-state index contributed by atoms with van der Waals surface area (Å²) in [6.07, 6.45) is 4.76. The molecule has 2 aliphatic heterocycles. The van der Waals surface area contributed by atoms with E-state index in [2.05, 4.69) is 11.8 Å². The van der Waals surface area contributed by atoms with Crippen LogP contribution in [0.5, 0.6) is 0 Å². The molecule has 1 aromatic rings. The van der Waals surface area contributed by atoms with Crippen LogP contribution in [0.25, 0.3) is 0 Å². The minimum Gasteiger partial charge on any atom is -0.338 e. The van der Waals surface area contributed by atoms with Crippen LogP contribution in [0.2, 0.25) is 0 Å². The normalized spacial score (nSPS) is 22.1. The van der Waals surface area contributed by atoms with Gasteiger partial charge in [-0.05, 0) is 88.7 Å². The molecule has 1 atom stereocenters. The maximum atomic E-state index is 13.0. The number of hydrogen-bond acceptors (Lipinski definition) is 4. The summed E-state index contributed by atoms with van der Waals surface area (Å²) in [4.78, 5) is 17.8. The van der Waals surface area contributed by atoms with Gasteiger partial charge in [0.1, 0.15) is 0 Å². The zero-order valence-electron chi connectivity index (χ0n) is 18.9. The summed E-state index contributed by atoms with van der Waals surface area (Å²) in [7, 11) is -1.95. The second-order valence-corrected chi connectivity index (χ2v) is 11.4. The van der Waals surface area contributed by atoms with E-state index in [1.54, 1.807) is 31.3 Å². The molecule has 6 nitrogen and oxygen atoms in total. The maximum Gasteiger partial charge on any atom is 0.253 e. The molecule has 0 bridgehead atoms. The number of amides is 1. The Bertz CT molecular complexity index is 815. The zero-order chi connectivity index (χ0) is 21.9. The van der Waals surface area contributed by atoms with E-state index in [9.17, 15) is 13.2 Å². The van der Waals surface area contributed by atoms with Crippen LogP contribution in [0.1, 0.15) is 56.8 Å². The highest BCUT2D eigenvalue weighted by molar-refractivity contribution is 7.89. The quantitative estimate of drug-likeness (QED) is 0.688. The summed E-state index contributed by atoms with van der Waals surface area (Å²) >= 11 is 0. The van der Waals surface area contributed by atoms with Crippen molar-refractivity contribution in [1.82, 2.24) is 14.1 Å². The summed E-state index contributed by atoms with van der Waals surface area (Å²) in [5.41, 5.74) is 0.564. The van der Waals surface area contributed by atoms with Gasteiger partial charge in [-0.15, -0.1) is 0 Å². The summed E-state index contributed by atoms with van der Waals surface area (Å²) in [5, 5.41) is 0. The van der Waals surface area contributed by atoms with E-state index in [1.165, 1.54) is 36.7 Å². The van der Waals surface area contributed by atoms with E-state index in [-0.39, 0.29) is 16.8 Å². The molecule has 2 fully saturated rings. The molecule has 0 radical (unpaired) electrons. The summed E-state index contributed by atoms with van der Waals surface area (Å²) in [5.74, 6) is 1.36. The molecule has 2 heterocycles. The molecule has 1 amide bonds. The number of rotatable bonds is 6. The average molecular weight is 436 g/mol. The topological polar surface area (TPSA) is 60.9 Å². The van der Waals surface area contributed by atoms with Crippen molar-refractivity contribution in [2.75, 3.05) is 39.8 Å². The molecular formula is C23H37N3O3S. The van der Waals surface area contributed by atoms with Gasteiger partial charge in [-0.3, -0.25) is 4.79 Å². The van der Waals surface area contributed by atoms with Crippen molar-refractivity contribution in [3.8, 4) is 0 Å². The molecule has 0 saturated carbocycles. The van der Waals surface area contributed by atoms with Gasteiger partial charge in [-0.2, -0.15) is 4.31 Å². The van der Waals surface area contributed by atoms with Gasteiger partial charge in [-0.1, -0.05) is 6.92 Å². The Hall–Kier alpha value is -1.44. The number of nitrogens with zero attached hydrogens (tertiary/aromatic N) is 3. The third kappa shape index (κ3) is 5.42.